The molecule has 2 N–H and O–H groups in total. The lowest BCUT2D eigenvalue weighted by Crippen LogP contribution is -2.36. The predicted molar refractivity (Wildman–Crippen MR) is 93.6 cm³/mol. The van der Waals surface area contributed by atoms with Crippen molar-refractivity contribution in [2.24, 2.45) is 5.41 Å². The number of hydrogen-bond acceptors (Lipinski definition) is 3. The van der Waals surface area contributed by atoms with Crippen LogP contribution in [0.25, 0.3) is 0 Å². The molecule has 0 fully saturated rings. The molecular weight excluding hydrogens is 292 g/mol. The average molecular weight is 322 g/mol. The number of carbonyl (C=O) groups excluding carboxylic acids is 1. The van der Waals surface area contributed by atoms with Gasteiger partial charge in [-0.1, -0.05) is 31.5 Å². The molecule has 0 heterocycles. The molecule has 0 aromatic heterocycles. The molecule has 1 aromatic carbocycles. The van der Waals surface area contributed by atoms with Crippen molar-refractivity contribution in [1.29, 1.82) is 0 Å². The summed E-state index contributed by atoms with van der Waals surface area (Å²) in [6.45, 7) is 6.93. The highest BCUT2D eigenvalue weighted by molar-refractivity contribution is 5.89. The third kappa shape index (κ3) is 8.00. The second kappa shape index (κ2) is 9.53. The van der Waals surface area contributed by atoms with Crippen molar-refractivity contribution < 1.29 is 14.3 Å². The molecule has 5 heteroatoms. The Kier molecular flexibility index (Phi) is 8.06. The van der Waals surface area contributed by atoms with Crippen LogP contribution in [0.3, 0.4) is 0 Å². The van der Waals surface area contributed by atoms with E-state index in [0.29, 0.717) is 6.54 Å². The highest BCUT2D eigenvalue weighted by Gasteiger charge is 2.19. The molecular formula is C18H30N2O3. The Bertz CT molecular complexity index is 468. The summed E-state index contributed by atoms with van der Waals surface area (Å²) in [5, 5.41) is 5.78. The van der Waals surface area contributed by atoms with E-state index < -0.39 is 0 Å². The Balaban J connectivity index is 2.31. The third-order valence-electron chi connectivity index (χ3n) is 3.86. The summed E-state index contributed by atoms with van der Waals surface area (Å²) in [6, 6.07) is 7.57. The molecule has 0 aliphatic rings. The van der Waals surface area contributed by atoms with Crippen molar-refractivity contribution in [3.05, 3.63) is 29.8 Å². The van der Waals surface area contributed by atoms with E-state index in [4.69, 9.17) is 9.47 Å². The second-order valence-electron chi connectivity index (χ2n) is 6.63. The first-order chi connectivity index (χ1) is 10.9. The fourth-order valence-electron chi connectivity index (χ4n) is 2.30. The summed E-state index contributed by atoms with van der Waals surface area (Å²) in [5.41, 5.74) is 1.99. The third-order valence-corrected chi connectivity index (χ3v) is 3.86. The molecule has 0 unspecified atom stereocenters. The molecule has 0 atom stereocenters. The number of carbonyl (C=O) groups is 1. The zero-order valence-electron chi connectivity index (χ0n) is 14.9. The Morgan fingerprint density at radius 1 is 1.17 bits per heavy atom. The van der Waals surface area contributed by atoms with Gasteiger partial charge in [-0.25, -0.2) is 4.79 Å². The van der Waals surface area contributed by atoms with Crippen LogP contribution in [0.4, 0.5) is 10.5 Å². The molecule has 0 saturated heterocycles. The maximum atomic E-state index is 12.0. The van der Waals surface area contributed by atoms with Crippen molar-refractivity contribution in [2.45, 2.75) is 46.3 Å². The van der Waals surface area contributed by atoms with Crippen molar-refractivity contribution >= 4 is 11.7 Å². The van der Waals surface area contributed by atoms with Gasteiger partial charge >= 0.3 is 6.03 Å². The molecule has 1 aromatic rings. The van der Waals surface area contributed by atoms with Crippen molar-refractivity contribution in [2.75, 3.05) is 26.1 Å². The summed E-state index contributed by atoms with van der Waals surface area (Å²) in [7, 11) is 3.30. The maximum absolute atomic E-state index is 12.0. The van der Waals surface area contributed by atoms with E-state index in [-0.39, 0.29) is 17.7 Å². The molecule has 0 radical (unpaired) electrons. The van der Waals surface area contributed by atoms with Crippen LogP contribution in [-0.4, -0.2) is 33.1 Å². The zero-order valence-corrected chi connectivity index (χ0v) is 14.9. The summed E-state index contributed by atoms with van der Waals surface area (Å²) in [4.78, 5) is 12.0. The fraction of sp³-hybridized carbons (Fsp3) is 0.611. The molecule has 0 bridgehead atoms. The first-order valence-corrected chi connectivity index (χ1v) is 8.03. The first kappa shape index (κ1) is 19.5. The summed E-state index contributed by atoms with van der Waals surface area (Å²) < 4.78 is 10.4. The molecule has 2 amide bonds. The van der Waals surface area contributed by atoms with Crippen LogP contribution in [0.2, 0.25) is 0 Å². The van der Waals surface area contributed by atoms with Gasteiger partial charge in [0.05, 0.1) is 0 Å². The van der Waals surface area contributed by atoms with Crippen LogP contribution in [0, 0.1) is 12.3 Å². The van der Waals surface area contributed by atoms with Gasteiger partial charge in [0, 0.05) is 26.5 Å². The summed E-state index contributed by atoms with van der Waals surface area (Å²) in [5.74, 6) is 0. The van der Waals surface area contributed by atoms with Gasteiger partial charge in [0.15, 0.2) is 6.29 Å². The van der Waals surface area contributed by atoms with Gasteiger partial charge in [0.1, 0.15) is 0 Å². The van der Waals surface area contributed by atoms with Crippen molar-refractivity contribution in [3.8, 4) is 0 Å². The number of amides is 2. The highest BCUT2D eigenvalue weighted by atomic mass is 16.7. The lowest BCUT2D eigenvalue weighted by molar-refractivity contribution is -0.107. The number of methoxy groups -OCH3 is 2. The molecule has 0 saturated carbocycles. The molecule has 5 nitrogen and oxygen atoms in total. The number of ether oxygens (including phenoxy) is 2. The van der Waals surface area contributed by atoms with Gasteiger partial charge in [-0.05, 0) is 43.7 Å². The van der Waals surface area contributed by atoms with Gasteiger partial charge in [-0.3, -0.25) is 0 Å². The zero-order chi connectivity index (χ0) is 17.3. The summed E-state index contributed by atoms with van der Waals surface area (Å²) >= 11 is 0. The van der Waals surface area contributed by atoms with Crippen molar-refractivity contribution in [3.63, 3.8) is 0 Å². The minimum atomic E-state index is -0.173. The Morgan fingerprint density at radius 3 is 2.35 bits per heavy atom. The van der Waals surface area contributed by atoms with Gasteiger partial charge < -0.3 is 20.1 Å². The minimum absolute atomic E-state index is 0.0245. The van der Waals surface area contributed by atoms with Crippen LogP contribution in [0.1, 0.15) is 38.7 Å². The van der Waals surface area contributed by atoms with Crippen LogP contribution in [-0.2, 0) is 9.47 Å². The molecule has 130 valence electrons. The largest absolute Gasteiger partial charge is 0.356 e. The number of nitrogens with one attached hydrogen (secondary N) is 2. The predicted octanol–water partition coefficient (Wildman–Crippen LogP) is 3.93. The van der Waals surface area contributed by atoms with Gasteiger partial charge in [0.2, 0.25) is 0 Å². The van der Waals surface area contributed by atoms with Crippen LogP contribution >= 0.6 is 0 Å². The number of urea groups is 1. The normalized spacial score (nSPS) is 11.6. The monoisotopic (exact) mass is 322 g/mol. The summed E-state index contributed by atoms with van der Waals surface area (Å²) in [6.07, 6.45) is 2.68. The average Bonchev–Trinajstić information content (AvgIpc) is 2.52. The lowest BCUT2D eigenvalue weighted by Gasteiger charge is -2.25. The van der Waals surface area contributed by atoms with Gasteiger partial charge in [0.25, 0.3) is 0 Å². The van der Waals surface area contributed by atoms with Crippen LogP contribution in [0.15, 0.2) is 24.3 Å². The van der Waals surface area contributed by atoms with E-state index in [1.807, 2.05) is 31.2 Å². The topological polar surface area (TPSA) is 59.6 Å². The second-order valence-corrected chi connectivity index (χ2v) is 6.63. The quantitative estimate of drug-likeness (QED) is 0.677. The minimum Gasteiger partial charge on any atom is -0.356 e. The number of rotatable bonds is 9. The van der Waals surface area contributed by atoms with Crippen LogP contribution in [0.5, 0.6) is 0 Å². The fourth-order valence-corrected chi connectivity index (χ4v) is 2.30. The smallest absolute Gasteiger partial charge is 0.319 e. The number of benzene rings is 1. The number of aryl methyl sites for hydroxylation is 1. The van der Waals surface area contributed by atoms with E-state index in [2.05, 4.69) is 24.5 Å². The van der Waals surface area contributed by atoms with E-state index in [1.165, 1.54) is 5.56 Å². The standard InChI is InChI=1S/C18H30N2O3/c1-14-8-10-15(11-9-14)20-17(21)19-13-18(2,3)12-6-7-16(22-4)23-5/h8-11,16H,6-7,12-13H2,1-5H3,(H2,19,20,21). The molecule has 0 aliphatic carbocycles. The lowest BCUT2D eigenvalue weighted by atomic mass is 9.87. The number of anilines is 1. The Labute approximate surface area is 139 Å². The van der Waals surface area contributed by atoms with Gasteiger partial charge in [-0.2, -0.15) is 0 Å². The van der Waals surface area contributed by atoms with Gasteiger partial charge in [-0.15, -0.1) is 0 Å². The van der Waals surface area contributed by atoms with Crippen molar-refractivity contribution in [1.82, 2.24) is 5.32 Å². The highest BCUT2D eigenvalue weighted by Crippen LogP contribution is 2.23. The molecule has 0 aliphatic heterocycles. The Hall–Kier alpha value is -1.59. The van der Waals surface area contributed by atoms with E-state index in [9.17, 15) is 4.79 Å². The van der Waals surface area contributed by atoms with E-state index >= 15 is 0 Å². The molecule has 23 heavy (non-hydrogen) atoms. The SMILES string of the molecule is COC(CCCC(C)(C)CNC(=O)Nc1ccc(C)cc1)OC. The van der Waals surface area contributed by atoms with E-state index in [0.717, 1.165) is 24.9 Å². The molecule has 0 spiro atoms. The van der Waals surface area contributed by atoms with Crippen LogP contribution < -0.4 is 10.6 Å². The number of hydrogen-bond donors (Lipinski definition) is 2. The van der Waals surface area contributed by atoms with E-state index in [1.54, 1.807) is 14.2 Å². The maximum Gasteiger partial charge on any atom is 0.319 e. The molecule has 1 rings (SSSR count). The first-order valence-electron chi connectivity index (χ1n) is 8.03. The Morgan fingerprint density at radius 2 is 1.78 bits per heavy atom.